The van der Waals surface area contributed by atoms with Crippen LogP contribution >= 0.6 is 0 Å². The zero-order valence-corrected chi connectivity index (χ0v) is 12.8. The van der Waals surface area contributed by atoms with Gasteiger partial charge in [0.15, 0.2) is 0 Å². The lowest BCUT2D eigenvalue weighted by Crippen LogP contribution is -2.58. The van der Waals surface area contributed by atoms with Gasteiger partial charge in [0.1, 0.15) is 5.54 Å². The van der Waals surface area contributed by atoms with Crippen molar-refractivity contribution in [2.75, 3.05) is 26.2 Å². The molecule has 4 nitrogen and oxygen atoms in total. The van der Waals surface area contributed by atoms with Crippen LogP contribution in [0.3, 0.4) is 0 Å². The van der Waals surface area contributed by atoms with Crippen molar-refractivity contribution in [1.29, 1.82) is 0 Å². The molecule has 1 aliphatic heterocycles. The van der Waals surface area contributed by atoms with E-state index in [1.807, 2.05) is 42.2 Å². The molecule has 1 heterocycles. The Morgan fingerprint density at radius 1 is 1.14 bits per heavy atom. The van der Waals surface area contributed by atoms with Crippen LogP contribution in [-0.4, -0.2) is 47.9 Å². The second kappa shape index (κ2) is 5.78. The molecular formula is C17H25N3O. The quantitative estimate of drug-likeness (QED) is 0.918. The van der Waals surface area contributed by atoms with Crippen LogP contribution in [0.1, 0.15) is 31.7 Å². The van der Waals surface area contributed by atoms with E-state index in [2.05, 4.69) is 4.90 Å². The molecule has 2 aliphatic rings. The molecule has 1 aromatic carbocycles. The molecule has 2 fully saturated rings. The first-order chi connectivity index (χ1) is 10.1. The molecule has 4 heteroatoms. The van der Waals surface area contributed by atoms with Gasteiger partial charge < -0.3 is 10.6 Å². The summed E-state index contributed by atoms with van der Waals surface area (Å²) in [7, 11) is 0. The van der Waals surface area contributed by atoms with E-state index in [9.17, 15) is 4.79 Å². The molecule has 0 spiro atoms. The SMILES string of the molecule is CC(N)(C(=O)N1CCN(C2CCC2)CC1)c1ccccc1. The van der Waals surface area contributed by atoms with E-state index in [1.54, 1.807) is 0 Å². The van der Waals surface area contributed by atoms with Crippen LogP contribution in [0.4, 0.5) is 0 Å². The highest BCUT2D eigenvalue weighted by Crippen LogP contribution is 2.27. The number of rotatable bonds is 3. The first kappa shape index (κ1) is 14.5. The smallest absolute Gasteiger partial charge is 0.247 e. The number of hydrogen-bond acceptors (Lipinski definition) is 3. The van der Waals surface area contributed by atoms with Crippen molar-refractivity contribution >= 4 is 5.91 Å². The molecule has 2 N–H and O–H groups in total. The van der Waals surface area contributed by atoms with Gasteiger partial charge in [-0.2, -0.15) is 0 Å². The lowest BCUT2D eigenvalue weighted by atomic mass is 9.90. The van der Waals surface area contributed by atoms with Crippen LogP contribution in [-0.2, 0) is 10.3 Å². The monoisotopic (exact) mass is 287 g/mol. The number of carbonyl (C=O) groups excluding carboxylic acids is 1. The average molecular weight is 287 g/mol. The molecule has 0 radical (unpaired) electrons. The molecule has 1 unspecified atom stereocenters. The molecule has 3 rings (SSSR count). The van der Waals surface area contributed by atoms with Crippen molar-refractivity contribution in [2.24, 2.45) is 5.73 Å². The van der Waals surface area contributed by atoms with Crippen LogP contribution in [0.15, 0.2) is 30.3 Å². The first-order valence-corrected chi connectivity index (χ1v) is 7.97. The summed E-state index contributed by atoms with van der Waals surface area (Å²) >= 11 is 0. The van der Waals surface area contributed by atoms with Crippen LogP contribution < -0.4 is 5.73 Å². The van der Waals surface area contributed by atoms with Gasteiger partial charge in [-0.05, 0) is 25.3 Å². The van der Waals surface area contributed by atoms with Crippen molar-refractivity contribution in [3.63, 3.8) is 0 Å². The third kappa shape index (κ3) is 2.83. The Hall–Kier alpha value is -1.39. The summed E-state index contributed by atoms with van der Waals surface area (Å²) in [6.07, 6.45) is 4.01. The van der Waals surface area contributed by atoms with Crippen molar-refractivity contribution in [3.05, 3.63) is 35.9 Å². The van der Waals surface area contributed by atoms with Gasteiger partial charge in [0.05, 0.1) is 0 Å². The Kier molecular flexibility index (Phi) is 4.00. The summed E-state index contributed by atoms with van der Waals surface area (Å²) in [4.78, 5) is 17.2. The third-order valence-electron chi connectivity index (χ3n) is 5.01. The second-order valence-electron chi connectivity index (χ2n) is 6.48. The van der Waals surface area contributed by atoms with Crippen molar-refractivity contribution in [1.82, 2.24) is 9.80 Å². The summed E-state index contributed by atoms with van der Waals surface area (Å²) < 4.78 is 0. The van der Waals surface area contributed by atoms with Gasteiger partial charge in [-0.15, -0.1) is 0 Å². The fourth-order valence-electron chi connectivity index (χ4n) is 3.28. The number of carbonyl (C=O) groups is 1. The van der Waals surface area contributed by atoms with Gasteiger partial charge in [-0.3, -0.25) is 9.69 Å². The molecule has 114 valence electrons. The Bertz CT molecular complexity index is 488. The van der Waals surface area contributed by atoms with E-state index in [-0.39, 0.29) is 5.91 Å². The standard InChI is InChI=1S/C17H25N3O/c1-17(18,14-6-3-2-4-7-14)16(21)20-12-10-19(11-13-20)15-8-5-9-15/h2-4,6-7,15H,5,8-13,18H2,1H3. The van der Waals surface area contributed by atoms with Gasteiger partial charge in [0, 0.05) is 32.2 Å². The summed E-state index contributed by atoms with van der Waals surface area (Å²) in [5.41, 5.74) is 6.29. The molecule has 0 bridgehead atoms. The number of amides is 1. The zero-order valence-electron chi connectivity index (χ0n) is 12.8. The average Bonchev–Trinajstić information content (AvgIpc) is 2.46. The van der Waals surface area contributed by atoms with Gasteiger partial charge in [0.25, 0.3) is 0 Å². The summed E-state index contributed by atoms with van der Waals surface area (Å²) in [6, 6.07) is 10.4. The maximum Gasteiger partial charge on any atom is 0.247 e. The highest BCUT2D eigenvalue weighted by molar-refractivity contribution is 5.87. The van der Waals surface area contributed by atoms with Gasteiger partial charge in [0.2, 0.25) is 5.91 Å². The Morgan fingerprint density at radius 3 is 2.29 bits per heavy atom. The zero-order chi connectivity index (χ0) is 14.9. The Morgan fingerprint density at radius 2 is 1.76 bits per heavy atom. The lowest BCUT2D eigenvalue weighted by molar-refractivity contribution is -0.139. The topological polar surface area (TPSA) is 49.6 Å². The summed E-state index contributed by atoms with van der Waals surface area (Å²) in [5.74, 6) is 0.0435. The van der Waals surface area contributed by atoms with Gasteiger partial charge in [-0.25, -0.2) is 0 Å². The maximum atomic E-state index is 12.8. The van der Waals surface area contributed by atoms with Gasteiger partial charge >= 0.3 is 0 Å². The van der Waals surface area contributed by atoms with Crippen molar-refractivity contribution in [2.45, 2.75) is 37.8 Å². The van der Waals surface area contributed by atoms with Gasteiger partial charge in [-0.1, -0.05) is 36.8 Å². The predicted octanol–water partition coefficient (Wildman–Crippen LogP) is 1.56. The van der Waals surface area contributed by atoms with Crippen LogP contribution in [0.2, 0.25) is 0 Å². The minimum absolute atomic E-state index is 0.0435. The molecule has 1 aromatic rings. The molecule has 1 aliphatic carbocycles. The fraction of sp³-hybridized carbons (Fsp3) is 0.588. The van der Waals surface area contributed by atoms with Crippen molar-refractivity contribution < 1.29 is 4.79 Å². The van der Waals surface area contributed by atoms with Crippen LogP contribution in [0.5, 0.6) is 0 Å². The molecule has 1 saturated carbocycles. The van der Waals surface area contributed by atoms with Crippen molar-refractivity contribution in [3.8, 4) is 0 Å². The lowest BCUT2D eigenvalue weighted by Gasteiger charge is -2.44. The van der Waals surface area contributed by atoms with E-state index in [0.717, 1.165) is 37.8 Å². The largest absolute Gasteiger partial charge is 0.338 e. The number of nitrogens with zero attached hydrogens (tertiary/aromatic N) is 2. The highest BCUT2D eigenvalue weighted by Gasteiger charge is 2.37. The maximum absolute atomic E-state index is 12.8. The fourth-order valence-corrected chi connectivity index (χ4v) is 3.28. The van der Waals surface area contributed by atoms with Crippen LogP contribution in [0, 0.1) is 0 Å². The molecular weight excluding hydrogens is 262 g/mol. The normalized spacial score (nSPS) is 23.4. The molecule has 1 amide bonds. The molecule has 1 saturated heterocycles. The molecule has 21 heavy (non-hydrogen) atoms. The Labute approximate surface area is 126 Å². The minimum atomic E-state index is -0.931. The minimum Gasteiger partial charge on any atom is -0.338 e. The summed E-state index contributed by atoms with van der Waals surface area (Å²) in [6.45, 7) is 5.40. The number of nitrogens with two attached hydrogens (primary N) is 1. The van der Waals surface area contributed by atoms with E-state index < -0.39 is 5.54 Å². The van der Waals surface area contributed by atoms with E-state index >= 15 is 0 Å². The number of piperazine rings is 1. The number of benzene rings is 1. The highest BCUT2D eigenvalue weighted by atomic mass is 16.2. The van der Waals surface area contributed by atoms with Crippen LogP contribution in [0.25, 0.3) is 0 Å². The molecule has 0 aromatic heterocycles. The third-order valence-corrected chi connectivity index (χ3v) is 5.01. The van der Waals surface area contributed by atoms with E-state index in [0.29, 0.717) is 0 Å². The first-order valence-electron chi connectivity index (χ1n) is 7.97. The van der Waals surface area contributed by atoms with E-state index in [1.165, 1.54) is 19.3 Å². The summed E-state index contributed by atoms with van der Waals surface area (Å²) in [5, 5.41) is 0. The predicted molar refractivity (Wildman–Crippen MR) is 83.8 cm³/mol. The molecule has 1 atom stereocenters. The second-order valence-corrected chi connectivity index (χ2v) is 6.48. The van der Waals surface area contributed by atoms with E-state index in [4.69, 9.17) is 5.73 Å². The number of hydrogen-bond donors (Lipinski definition) is 1. The Balaban J connectivity index is 1.63.